The topological polar surface area (TPSA) is 85.0 Å². The van der Waals surface area contributed by atoms with E-state index in [1.807, 2.05) is 4.90 Å². The van der Waals surface area contributed by atoms with Crippen molar-refractivity contribution in [3.05, 3.63) is 36.0 Å². The highest BCUT2D eigenvalue weighted by Crippen LogP contribution is 2.38. The summed E-state index contributed by atoms with van der Waals surface area (Å²) in [6.45, 7) is 1.45. The maximum Gasteiger partial charge on any atom is 0.291 e. The largest absolute Gasteiger partial charge is 0.339 e. The molecule has 0 spiro atoms. The van der Waals surface area contributed by atoms with Crippen LogP contribution in [-0.2, 0) is 6.42 Å². The van der Waals surface area contributed by atoms with Gasteiger partial charge >= 0.3 is 0 Å². The predicted molar refractivity (Wildman–Crippen MR) is 80.6 cm³/mol. The van der Waals surface area contributed by atoms with E-state index in [0.29, 0.717) is 24.3 Å². The first-order chi connectivity index (χ1) is 11.3. The number of piperidine rings is 1. The molecule has 0 bridgehead atoms. The summed E-state index contributed by atoms with van der Waals surface area (Å²) in [6, 6.07) is 1.71. The number of amides is 1. The lowest BCUT2D eigenvalue weighted by molar-refractivity contribution is 0.0655. The summed E-state index contributed by atoms with van der Waals surface area (Å²) in [6.07, 6.45) is 8.31. The summed E-state index contributed by atoms with van der Waals surface area (Å²) < 4.78 is 5.36. The third-order valence-electron chi connectivity index (χ3n) is 4.45. The zero-order valence-electron chi connectivity index (χ0n) is 12.9. The summed E-state index contributed by atoms with van der Waals surface area (Å²) in [5.41, 5.74) is 0. The molecule has 0 aromatic carbocycles. The second-order valence-corrected chi connectivity index (χ2v) is 6.36. The van der Waals surface area contributed by atoms with Crippen LogP contribution in [0.4, 0.5) is 0 Å². The summed E-state index contributed by atoms with van der Waals surface area (Å²) in [5.74, 6) is 2.57. The van der Waals surface area contributed by atoms with Crippen molar-refractivity contribution in [3.8, 4) is 0 Å². The van der Waals surface area contributed by atoms with Gasteiger partial charge in [-0.25, -0.2) is 9.97 Å². The smallest absolute Gasteiger partial charge is 0.291 e. The molecule has 2 aromatic rings. The van der Waals surface area contributed by atoms with Crippen molar-refractivity contribution in [2.24, 2.45) is 5.92 Å². The van der Waals surface area contributed by atoms with Crippen LogP contribution >= 0.6 is 0 Å². The van der Waals surface area contributed by atoms with Crippen molar-refractivity contribution in [3.63, 3.8) is 0 Å². The molecule has 7 nitrogen and oxygen atoms in total. The number of nitrogens with zero attached hydrogens (tertiary/aromatic N) is 5. The van der Waals surface area contributed by atoms with E-state index in [1.165, 1.54) is 12.8 Å². The third-order valence-corrected chi connectivity index (χ3v) is 4.45. The lowest BCUT2D eigenvalue weighted by atomic mass is 9.94. The average Bonchev–Trinajstić information content (AvgIpc) is 3.35. The standard InChI is InChI=1S/C16H19N5O2/c22-16(15-17-6-2-7-18-15)21-8-1-3-11(10-21)9-13-19-14(20-23-13)12-4-5-12/h2,6-7,11-12H,1,3-5,8-10H2/t11-/m1/s1. The van der Waals surface area contributed by atoms with Gasteiger partial charge in [0.15, 0.2) is 5.82 Å². The van der Waals surface area contributed by atoms with Crippen LogP contribution in [0.25, 0.3) is 0 Å². The summed E-state index contributed by atoms with van der Waals surface area (Å²) in [5, 5.41) is 4.06. The minimum atomic E-state index is -0.0977. The maximum absolute atomic E-state index is 12.4. The molecule has 1 amide bonds. The summed E-state index contributed by atoms with van der Waals surface area (Å²) in [4.78, 5) is 26.9. The second kappa shape index (κ2) is 6.06. The molecule has 0 unspecified atom stereocenters. The summed E-state index contributed by atoms with van der Waals surface area (Å²) >= 11 is 0. The fourth-order valence-electron chi connectivity index (χ4n) is 3.07. The van der Waals surface area contributed by atoms with Gasteiger partial charge in [0.25, 0.3) is 5.91 Å². The fourth-order valence-corrected chi connectivity index (χ4v) is 3.07. The van der Waals surface area contributed by atoms with Crippen molar-refractivity contribution in [1.29, 1.82) is 0 Å². The van der Waals surface area contributed by atoms with Gasteiger partial charge in [-0.2, -0.15) is 4.98 Å². The van der Waals surface area contributed by atoms with Gasteiger partial charge in [0.2, 0.25) is 11.7 Å². The highest BCUT2D eigenvalue weighted by molar-refractivity contribution is 5.90. The van der Waals surface area contributed by atoms with Gasteiger partial charge in [0.1, 0.15) is 0 Å². The molecule has 1 aliphatic heterocycles. The van der Waals surface area contributed by atoms with Gasteiger partial charge < -0.3 is 9.42 Å². The Labute approximate surface area is 134 Å². The Bertz CT molecular complexity index is 683. The van der Waals surface area contributed by atoms with Crippen molar-refractivity contribution in [2.45, 2.75) is 38.0 Å². The van der Waals surface area contributed by atoms with Crippen LogP contribution in [0.15, 0.2) is 23.0 Å². The maximum atomic E-state index is 12.4. The molecular weight excluding hydrogens is 294 g/mol. The Morgan fingerprint density at radius 3 is 2.87 bits per heavy atom. The third kappa shape index (κ3) is 3.23. The molecule has 0 radical (unpaired) electrons. The molecule has 2 fully saturated rings. The Morgan fingerprint density at radius 2 is 2.09 bits per heavy atom. The molecule has 2 aromatic heterocycles. The lowest BCUT2D eigenvalue weighted by Gasteiger charge is -2.31. The van der Waals surface area contributed by atoms with E-state index in [-0.39, 0.29) is 11.7 Å². The van der Waals surface area contributed by atoms with E-state index in [2.05, 4.69) is 20.1 Å². The monoisotopic (exact) mass is 313 g/mol. The molecule has 1 aliphatic carbocycles. The second-order valence-electron chi connectivity index (χ2n) is 6.36. The van der Waals surface area contributed by atoms with Crippen LogP contribution in [0.1, 0.15) is 53.9 Å². The van der Waals surface area contributed by atoms with E-state index >= 15 is 0 Å². The molecule has 4 rings (SSSR count). The minimum absolute atomic E-state index is 0.0977. The van der Waals surface area contributed by atoms with E-state index in [1.54, 1.807) is 18.5 Å². The molecule has 120 valence electrons. The molecule has 1 saturated carbocycles. The van der Waals surface area contributed by atoms with Gasteiger partial charge in [-0.1, -0.05) is 5.16 Å². The number of hydrogen-bond acceptors (Lipinski definition) is 6. The van der Waals surface area contributed by atoms with E-state index in [4.69, 9.17) is 4.52 Å². The van der Waals surface area contributed by atoms with Crippen molar-refractivity contribution in [1.82, 2.24) is 25.0 Å². The first-order valence-corrected chi connectivity index (χ1v) is 8.18. The van der Waals surface area contributed by atoms with Crippen LogP contribution in [0, 0.1) is 5.92 Å². The van der Waals surface area contributed by atoms with Crippen molar-refractivity contribution >= 4 is 5.91 Å². The molecule has 7 heteroatoms. The van der Waals surface area contributed by atoms with E-state index < -0.39 is 0 Å². The molecule has 2 aliphatic rings. The van der Waals surface area contributed by atoms with Gasteiger partial charge in [0, 0.05) is 37.8 Å². The Hall–Kier alpha value is -2.31. The molecule has 1 atom stereocenters. The van der Waals surface area contributed by atoms with Crippen LogP contribution in [0.3, 0.4) is 0 Å². The zero-order chi connectivity index (χ0) is 15.6. The Kier molecular flexibility index (Phi) is 3.77. The first kappa shape index (κ1) is 14.3. The minimum Gasteiger partial charge on any atom is -0.339 e. The number of carbonyl (C=O) groups is 1. The van der Waals surface area contributed by atoms with Gasteiger partial charge in [0.05, 0.1) is 0 Å². The Morgan fingerprint density at radius 1 is 1.26 bits per heavy atom. The van der Waals surface area contributed by atoms with E-state index in [0.717, 1.165) is 31.6 Å². The highest BCUT2D eigenvalue weighted by Gasteiger charge is 2.30. The Balaban J connectivity index is 1.39. The number of hydrogen-bond donors (Lipinski definition) is 0. The van der Waals surface area contributed by atoms with Crippen LogP contribution in [0.5, 0.6) is 0 Å². The first-order valence-electron chi connectivity index (χ1n) is 8.18. The number of carbonyl (C=O) groups excluding carboxylic acids is 1. The van der Waals surface area contributed by atoms with Gasteiger partial charge in [-0.05, 0) is 37.7 Å². The number of aromatic nitrogens is 4. The number of likely N-dealkylation sites (tertiary alicyclic amines) is 1. The summed E-state index contributed by atoms with van der Waals surface area (Å²) in [7, 11) is 0. The molecule has 3 heterocycles. The zero-order valence-corrected chi connectivity index (χ0v) is 12.9. The SMILES string of the molecule is O=C(c1ncccn1)N1CCC[C@H](Cc2nc(C3CC3)no2)C1. The van der Waals surface area contributed by atoms with Crippen LogP contribution in [0.2, 0.25) is 0 Å². The van der Waals surface area contributed by atoms with Gasteiger partial charge in [-0.3, -0.25) is 4.79 Å². The molecule has 1 saturated heterocycles. The highest BCUT2D eigenvalue weighted by atomic mass is 16.5. The predicted octanol–water partition coefficient (Wildman–Crippen LogP) is 1.83. The van der Waals surface area contributed by atoms with Crippen molar-refractivity contribution < 1.29 is 9.32 Å². The molecule has 23 heavy (non-hydrogen) atoms. The quantitative estimate of drug-likeness (QED) is 0.856. The lowest BCUT2D eigenvalue weighted by Crippen LogP contribution is -2.41. The average molecular weight is 313 g/mol. The molecular formula is C16H19N5O2. The van der Waals surface area contributed by atoms with Crippen molar-refractivity contribution in [2.75, 3.05) is 13.1 Å². The number of rotatable bonds is 4. The van der Waals surface area contributed by atoms with Crippen LogP contribution < -0.4 is 0 Å². The molecule has 0 N–H and O–H groups in total. The van der Waals surface area contributed by atoms with E-state index in [9.17, 15) is 4.79 Å². The van der Waals surface area contributed by atoms with Crippen LogP contribution in [-0.4, -0.2) is 44.0 Å². The fraction of sp³-hybridized carbons (Fsp3) is 0.562. The normalized spacial score (nSPS) is 21.4. The van der Waals surface area contributed by atoms with Gasteiger partial charge in [-0.15, -0.1) is 0 Å².